The number of carbonyl (C=O) groups excluding carboxylic acids is 2. The van der Waals surface area contributed by atoms with E-state index in [0.29, 0.717) is 37.3 Å². The summed E-state index contributed by atoms with van der Waals surface area (Å²) in [6, 6.07) is 0. The van der Waals surface area contributed by atoms with Gasteiger partial charge in [0.2, 0.25) is 0 Å². The highest BCUT2D eigenvalue weighted by Gasteiger charge is 2.68. The fraction of sp³-hybridized carbons (Fsp3) is 0.714. The van der Waals surface area contributed by atoms with Gasteiger partial charge in [0.25, 0.3) is 23.7 Å². The first-order chi connectivity index (χ1) is 27.3. The fourth-order valence-corrected chi connectivity index (χ4v) is 8.79. The maximum Gasteiger partial charge on any atom is 0.256 e. The lowest BCUT2D eigenvalue weighted by molar-refractivity contribution is -0.0248. The third-order valence-corrected chi connectivity index (χ3v) is 13.5. The Morgan fingerprint density at radius 1 is 0.621 bits per heavy atom. The van der Waals surface area contributed by atoms with Crippen LogP contribution in [0.25, 0.3) is 0 Å². The summed E-state index contributed by atoms with van der Waals surface area (Å²) in [7, 11) is 0. The lowest BCUT2D eigenvalue weighted by atomic mass is 10.0. The molecule has 0 aromatic carbocycles. The van der Waals surface area contributed by atoms with Crippen molar-refractivity contribution in [3.05, 3.63) is 44.8 Å². The Balaban J connectivity index is 0.000000177. The number of anilines is 2. The molecule has 320 valence electrons. The van der Waals surface area contributed by atoms with Crippen LogP contribution in [0.5, 0.6) is 0 Å². The monoisotopic (exact) mass is 818 g/mol. The van der Waals surface area contributed by atoms with Crippen molar-refractivity contribution in [3.8, 4) is 0 Å². The number of amides is 2. The Morgan fingerprint density at radius 2 is 0.948 bits per heavy atom. The number of carbonyl (C=O) groups is 2. The summed E-state index contributed by atoms with van der Waals surface area (Å²) >= 11 is 0. The minimum absolute atomic E-state index is 0.00284. The van der Waals surface area contributed by atoms with Gasteiger partial charge in [0, 0.05) is 52.1 Å². The maximum absolute atomic E-state index is 13.4. The third-order valence-electron chi connectivity index (χ3n) is 13.5. The van der Waals surface area contributed by atoms with E-state index in [4.69, 9.17) is 19.4 Å². The first-order valence-corrected chi connectivity index (χ1v) is 20.6. The SMILES string of the molecule is Cc1c(N2CCC(OC[C@@]3(C)CC3(F)F)CC2)nc2c(c1C)C(=O)N(CCO)C2.Cc1c(N2CCC(OC[C@]3(C)CC3(F)F)CC2)nc2c(c1C)C(=O)N(CCO)C2. The Morgan fingerprint density at radius 3 is 1.24 bits per heavy atom. The first kappa shape index (κ1) is 42.5. The standard InChI is InChI=1S/2C21H29F2N3O3/c2*1-13-14(2)18(24-16-10-26(8-9-27)19(28)17(13)16)25-6-4-15(5-7-25)29-12-20(3)11-21(20,22)23/h2*15,27H,4-12H2,1-3H3/t2*20-/m10/s1. The second-order valence-electron chi connectivity index (χ2n) is 17.8. The molecule has 0 radical (unpaired) electrons. The minimum atomic E-state index is -2.59. The van der Waals surface area contributed by atoms with E-state index in [0.717, 1.165) is 97.1 Å². The number of alkyl halides is 4. The molecule has 2 N–H and O–H groups in total. The van der Waals surface area contributed by atoms with Crippen LogP contribution in [-0.2, 0) is 22.6 Å². The molecule has 6 aliphatic rings. The Hall–Kier alpha value is -3.60. The summed E-state index contributed by atoms with van der Waals surface area (Å²) < 4.78 is 65.1. The average Bonchev–Trinajstić information content (AvgIpc) is 3.72. The van der Waals surface area contributed by atoms with E-state index in [9.17, 15) is 37.4 Å². The average molecular weight is 819 g/mol. The number of piperidine rings is 2. The maximum atomic E-state index is 13.4. The van der Waals surface area contributed by atoms with E-state index in [1.807, 2.05) is 27.7 Å². The number of fused-ring (bicyclic) bond motifs is 2. The van der Waals surface area contributed by atoms with Gasteiger partial charge in [0.05, 0.1) is 85.1 Å². The van der Waals surface area contributed by atoms with E-state index < -0.39 is 22.7 Å². The number of rotatable bonds is 12. The molecule has 0 unspecified atom stereocenters. The third kappa shape index (κ3) is 7.90. The van der Waals surface area contributed by atoms with E-state index in [2.05, 4.69) is 9.80 Å². The predicted molar refractivity (Wildman–Crippen MR) is 209 cm³/mol. The van der Waals surface area contributed by atoms with Crippen LogP contribution in [-0.4, -0.2) is 132 Å². The van der Waals surface area contributed by atoms with Gasteiger partial charge in [-0.3, -0.25) is 9.59 Å². The van der Waals surface area contributed by atoms with Crippen molar-refractivity contribution in [2.45, 2.75) is 117 Å². The van der Waals surface area contributed by atoms with Crippen LogP contribution in [0.2, 0.25) is 0 Å². The number of ether oxygens (including phenoxy) is 2. The fourth-order valence-electron chi connectivity index (χ4n) is 8.79. The number of pyridine rings is 2. The van der Waals surface area contributed by atoms with Crippen molar-refractivity contribution in [2.24, 2.45) is 10.8 Å². The quantitative estimate of drug-likeness (QED) is 0.270. The summed E-state index contributed by atoms with van der Waals surface area (Å²) in [6.45, 7) is 15.6. The molecule has 6 heterocycles. The molecule has 2 aromatic rings. The van der Waals surface area contributed by atoms with Gasteiger partial charge in [0.15, 0.2) is 0 Å². The summed E-state index contributed by atoms with van der Waals surface area (Å²) in [4.78, 5) is 42.4. The zero-order valence-corrected chi connectivity index (χ0v) is 34.6. The van der Waals surface area contributed by atoms with Gasteiger partial charge in [-0.2, -0.15) is 0 Å². The molecular formula is C42H58F4N6O6. The first-order valence-electron chi connectivity index (χ1n) is 20.6. The summed E-state index contributed by atoms with van der Waals surface area (Å²) in [5.74, 6) is -3.52. The highest BCUT2D eigenvalue weighted by Crippen LogP contribution is 2.61. The van der Waals surface area contributed by atoms with E-state index in [1.54, 1.807) is 23.6 Å². The number of halogens is 4. The van der Waals surface area contributed by atoms with E-state index in [1.165, 1.54) is 0 Å². The number of β-amino-alcohol motifs (C(OH)–C–C–N with tert-alkyl or cyclic N) is 2. The molecule has 58 heavy (non-hydrogen) atoms. The molecular weight excluding hydrogens is 760 g/mol. The topological polar surface area (TPSA) is 132 Å². The summed E-state index contributed by atoms with van der Waals surface area (Å²) in [5, 5.41) is 18.4. The zero-order valence-electron chi connectivity index (χ0n) is 34.6. The number of hydrogen-bond acceptors (Lipinski definition) is 10. The zero-order chi connectivity index (χ0) is 41.9. The smallest absolute Gasteiger partial charge is 0.256 e. The van der Waals surface area contributed by atoms with Crippen molar-refractivity contribution in [1.29, 1.82) is 0 Å². The van der Waals surface area contributed by atoms with Crippen LogP contribution in [0.1, 0.15) is 107 Å². The van der Waals surface area contributed by atoms with Crippen molar-refractivity contribution in [3.63, 3.8) is 0 Å². The molecule has 2 aliphatic carbocycles. The second-order valence-corrected chi connectivity index (χ2v) is 17.8. The minimum Gasteiger partial charge on any atom is -0.395 e. The van der Waals surface area contributed by atoms with Crippen LogP contribution < -0.4 is 9.80 Å². The molecule has 2 aromatic heterocycles. The lowest BCUT2D eigenvalue weighted by Crippen LogP contribution is -2.39. The highest BCUT2D eigenvalue weighted by atomic mass is 19.3. The molecule has 0 bridgehead atoms. The van der Waals surface area contributed by atoms with Crippen molar-refractivity contribution < 1.29 is 46.8 Å². The summed E-state index contributed by atoms with van der Waals surface area (Å²) in [6.07, 6.45) is 2.92. The lowest BCUT2D eigenvalue weighted by Gasteiger charge is -2.34. The number of hydrogen-bond donors (Lipinski definition) is 2. The molecule has 0 spiro atoms. The van der Waals surface area contributed by atoms with Crippen LogP contribution in [0.3, 0.4) is 0 Å². The molecule has 4 fully saturated rings. The van der Waals surface area contributed by atoms with Crippen LogP contribution in [0.4, 0.5) is 29.2 Å². The van der Waals surface area contributed by atoms with Crippen LogP contribution in [0.15, 0.2) is 0 Å². The molecule has 2 atom stereocenters. The Kier molecular flexibility index (Phi) is 11.6. The van der Waals surface area contributed by atoms with Crippen LogP contribution in [0, 0.1) is 38.5 Å². The van der Waals surface area contributed by atoms with Gasteiger partial charge < -0.3 is 39.3 Å². The molecule has 12 nitrogen and oxygen atoms in total. The van der Waals surface area contributed by atoms with Crippen molar-refractivity contribution in [1.82, 2.24) is 19.8 Å². The number of nitrogens with zero attached hydrogens (tertiary/aromatic N) is 6. The number of aliphatic hydroxyl groups excluding tert-OH is 2. The van der Waals surface area contributed by atoms with Gasteiger partial charge in [-0.05, 0) is 75.6 Å². The van der Waals surface area contributed by atoms with Gasteiger partial charge >= 0.3 is 0 Å². The predicted octanol–water partition coefficient (Wildman–Crippen LogP) is 5.35. The molecule has 2 saturated carbocycles. The number of aliphatic hydroxyl groups is 2. The largest absolute Gasteiger partial charge is 0.395 e. The van der Waals surface area contributed by atoms with Gasteiger partial charge in [0.1, 0.15) is 11.6 Å². The molecule has 8 rings (SSSR count). The molecule has 4 aliphatic heterocycles. The molecule has 2 amide bonds. The van der Waals surface area contributed by atoms with E-state index >= 15 is 0 Å². The van der Waals surface area contributed by atoms with Crippen LogP contribution >= 0.6 is 0 Å². The van der Waals surface area contributed by atoms with Gasteiger partial charge in [-0.1, -0.05) is 13.8 Å². The van der Waals surface area contributed by atoms with Gasteiger partial charge in [-0.25, -0.2) is 27.5 Å². The molecule has 2 saturated heterocycles. The second kappa shape index (κ2) is 15.8. The number of aromatic nitrogens is 2. The molecule has 16 heteroatoms. The van der Waals surface area contributed by atoms with Crippen molar-refractivity contribution >= 4 is 23.5 Å². The van der Waals surface area contributed by atoms with Gasteiger partial charge in [-0.15, -0.1) is 0 Å². The Bertz CT molecular complexity index is 1780. The Labute approximate surface area is 337 Å². The summed E-state index contributed by atoms with van der Waals surface area (Å²) in [5.41, 5.74) is 4.75. The highest BCUT2D eigenvalue weighted by molar-refractivity contribution is 6.00. The van der Waals surface area contributed by atoms with Crippen molar-refractivity contribution in [2.75, 3.05) is 75.5 Å². The van der Waals surface area contributed by atoms with E-state index in [-0.39, 0.29) is 63.3 Å². The normalized spacial score (nSPS) is 26.2.